The van der Waals surface area contributed by atoms with Gasteiger partial charge in [-0.1, -0.05) is 0 Å². The Morgan fingerprint density at radius 1 is 1.00 bits per heavy atom. The Morgan fingerprint density at radius 3 is 2.07 bits per heavy atom. The molecule has 0 fully saturated rings. The zero-order valence-electron chi connectivity index (χ0n) is 10.0. The van der Waals surface area contributed by atoms with Crippen molar-refractivity contribution in [2.75, 3.05) is 41.0 Å². The summed E-state index contributed by atoms with van der Waals surface area (Å²) in [7, 11) is 2.52. The molecule has 0 unspecified atom stereocenters. The van der Waals surface area contributed by atoms with E-state index in [1.165, 1.54) is 0 Å². The Bertz CT molecular complexity index is 137. The molecule has 0 spiro atoms. The molecule has 0 aliphatic rings. The Hall–Kier alpha value is 0.0169. The van der Waals surface area contributed by atoms with Gasteiger partial charge in [-0.15, -0.1) is 0 Å². The van der Waals surface area contributed by atoms with Crippen molar-refractivity contribution in [3.63, 3.8) is 0 Å². The fraction of sp³-hybridized carbons (Fsp3) is 1.00. The van der Waals surface area contributed by atoms with E-state index in [-0.39, 0.29) is 0 Å². The van der Waals surface area contributed by atoms with Gasteiger partial charge in [-0.2, -0.15) is 0 Å². The fourth-order valence-electron chi connectivity index (χ4n) is 1.32. The average Bonchev–Trinajstić information content (AvgIpc) is 2.29. The van der Waals surface area contributed by atoms with Gasteiger partial charge in [-0.25, -0.2) is 0 Å². The lowest BCUT2D eigenvalue weighted by Gasteiger charge is -2.24. The summed E-state index contributed by atoms with van der Waals surface area (Å²) in [5, 5.41) is 3.32. The number of hydrogen-bond donors (Lipinski definition) is 2. The molecule has 0 atom stereocenters. The van der Waals surface area contributed by atoms with Crippen molar-refractivity contribution in [1.29, 1.82) is 0 Å². The predicted octanol–water partition coefficient (Wildman–Crippen LogP) is 0.193. The molecule has 0 heterocycles. The molecule has 0 aromatic rings. The number of nitrogens with one attached hydrogen (secondary N) is 1. The normalized spacial score (nSPS) is 12.0. The van der Waals surface area contributed by atoms with Gasteiger partial charge in [-0.05, 0) is 32.5 Å². The molecule has 0 aliphatic carbocycles. The van der Waals surface area contributed by atoms with Crippen molar-refractivity contribution < 1.29 is 13.3 Å². The van der Waals surface area contributed by atoms with E-state index < -0.39 is 8.80 Å². The van der Waals surface area contributed by atoms with Crippen LogP contribution in [0.1, 0.15) is 12.8 Å². The zero-order chi connectivity index (χ0) is 11.6. The third-order valence-electron chi connectivity index (χ3n) is 2.35. The second-order valence-electron chi connectivity index (χ2n) is 3.29. The van der Waals surface area contributed by atoms with Gasteiger partial charge < -0.3 is 24.3 Å². The highest BCUT2D eigenvalue weighted by molar-refractivity contribution is 6.60. The second kappa shape index (κ2) is 9.26. The van der Waals surface area contributed by atoms with Gasteiger partial charge in [0.25, 0.3) is 0 Å². The molecular formula is C9H24N2O3Si. The van der Waals surface area contributed by atoms with Crippen LogP contribution in [0.15, 0.2) is 0 Å². The summed E-state index contributed by atoms with van der Waals surface area (Å²) in [6, 6.07) is 0.791. The molecule has 0 bridgehead atoms. The molecule has 0 aromatic heterocycles. The largest absolute Gasteiger partial charge is 0.501 e. The molecule has 0 saturated heterocycles. The predicted molar refractivity (Wildman–Crippen MR) is 62.7 cm³/mol. The molecule has 6 heteroatoms. The van der Waals surface area contributed by atoms with Gasteiger partial charge in [0.15, 0.2) is 0 Å². The maximum absolute atomic E-state index is 5.40. The van der Waals surface area contributed by atoms with Gasteiger partial charge in [0.2, 0.25) is 0 Å². The van der Waals surface area contributed by atoms with Crippen LogP contribution in [-0.4, -0.2) is 49.8 Å². The summed E-state index contributed by atoms with van der Waals surface area (Å²) >= 11 is 0. The van der Waals surface area contributed by atoms with Crippen LogP contribution in [0.5, 0.6) is 0 Å². The van der Waals surface area contributed by atoms with E-state index in [4.69, 9.17) is 19.0 Å². The summed E-state index contributed by atoms with van der Waals surface area (Å²) < 4.78 is 15.9. The number of nitrogens with two attached hydrogens (primary N) is 1. The van der Waals surface area contributed by atoms with E-state index in [1.54, 1.807) is 21.3 Å². The molecule has 15 heavy (non-hydrogen) atoms. The monoisotopic (exact) mass is 236 g/mol. The van der Waals surface area contributed by atoms with E-state index in [9.17, 15) is 0 Å². The topological polar surface area (TPSA) is 65.7 Å². The minimum Gasteiger partial charge on any atom is -0.377 e. The molecule has 0 amide bonds. The van der Waals surface area contributed by atoms with E-state index in [1.807, 2.05) is 0 Å². The van der Waals surface area contributed by atoms with Crippen molar-refractivity contribution in [1.82, 2.24) is 5.32 Å². The molecule has 0 radical (unpaired) electrons. The summed E-state index contributed by atoms with van der Waals surface area (Å²) in [5.41, 5.74) is 5.40. The maximum Gasteiger partial charge on any atom is 0.501 e. The van der Waals surface area contributed by atoms with Crippen LogP contribution in [-0.2, 0) is 13.3 Å². The van der Waals surface area contributed by atoms with E-state index in [2.05, 4.69) is 5.32 Å². The van der Waals surface area contributed by atoms with Crippen LogP contribution < -0.4 is 11.1 Å². The van der Waals surface area contributed by atoms with Crippen molar-refractivity contribution >= 4 is 8.80 Å². The lowest BCUT2D eigenvalue weighted by Crippen LogP contribution is -2.45. The van der Waals surface area contributed by atoms with Crippen LogP contribution in [0.2, 0.25) is 6.04 Å². The smallest absolute Gasteiger partial charge is 0.377 e. The molecule has 0 aliphatic heterocycles. The van der Waals surface area contributed by atoms with Crippen molar-refractivity contribution in [3.05, 3.63) is 0 Å². The van der Waals surface area contributed by atoms with Gasteiger partial charge >= 0.3 is 8.80 Å². The minimum atomic E-state index is -2.37. The van der Waals surface area contributed by atoms with Crippen molar-refractivity contribution in [2.45, 2.75) is 18.9 Å². The first-order valence-electron chi connectivity index (χ1n) is 5.31. The van der Waals surface area contributed by atoms with E-state index in [0.717, 1.165) is 38.5 Å². The summed E-state index contributed by atoms with van der Waals surface area (Å²) in [5.74, 6) is 0. The van der Waals surface area contributed by atoms with Gasteiger partial charge in [0, 0.05) is 27.4 Å². The number of hydrogen-bond acceptors (Lipinski definition) is 5. The molecule has 0 rings (SSSR count). The lowest BCUT2D eigenvalue weighted by molar-refractivity contribution is 0.123. The SMILES string of the molecule is CO[Si](CCNCCCCN)(OC)OC. The summed E-state index contributed by atoms with van der Waals surface area (Å²) in [4.78, 5) is 0. The zero-order valence-corrected chi connectivity index (χ0v) is 11.0. The van der Waals surface area contributed by atoms with Gasteiger partial charge in [0.1, 0.15) is 0 Å². The Morgan fingerprint density at radius 2 is 1.60 bits per heavy atom. The number of rotatable bonds is 10. The highest BCUT2D eigenvalue weighted by Crippen LogP contribution is 2.10. The number of unbranched alkanes of at least 4 members (excludes halogenated alkanes) is 1. The minimum absolute atomic E-state index is 0.759. The molecule has 5 nitrogen and oxygen atoms in total. The van der Waals surface area contributed by atoms with Crippen LogP contribution in [0.25, 0.3) is 0 Å². The van der Waals surface area contributed by atoms with E-state index in [0.29, 0.717) is 0 Å². The Kier molecular flexibility index (Phi) is 9.27. The standard InChI is InChI=1S/C9H24N2O3Si/c1-12-15(13-2,14-3)9-8-11-7-5-4-6-10/h11H,4-10H2,1-3H3. The molecule has 3 N–H and O–H groups in total. The first-order chi connectivity index (χ1) is 7.24. The third-order valence-corrected chi connectivity index (χ3v) is 5.08. The second-order valence-corrected chi connectivity index (χ2v) is 6.38. The van der Waals surface area contributed by atoms with Crippen molar-refractivity contribution in [3.8, 4) is 0 Å². The summed E-state index contributed by atoms with van der Waals surface area (Å²) in [6.07, 6.45) is 2.17. The van der Waals surface area contributed by atoms with Gasteiger partial charge in [0.05, 0.1) is 0 Å². The third kappa shape index (κ3) is 6.24. The van der Waals surface area contributed by atoms with Gasteiger partial charge in [-0.3, -0.25) is 0 Å². The highest BCUT2D eigenvalue weighted by Gasteiger charge is 2.36. The van der Waals surface area contributed by atoms with E-state index >= 15 is 0 Å². The summed E-state index contributed by atoms with van der Waals surface area (Å²) in [6.45, 7) is 2.60. The Balaban J connectivity index is 3.54. The van der Waals surface area contributed by atoms with Crippen LogP contribution in [0.3, 0.4) is 0 Å². The molecule has 92 valence electrons. The van der Waals surface area contributed by atoms with Crippen LogP contribution >= 0.6 is 0 Å². The highest BCUT2D eigenvalue weighted by atomic mass is 28.4. The first-order valence-corrected chi connectivity index (χ1v) is 7.24. The maximum atomic E-state index is 5.40. The quantitative estimate of drug-likeness (QED) is 0.419. The molecular weight excluding hydrogens is 212 g/mol. The average molecular weight is 236 g/mol. The molecule has 0 saturated carbocycles. The fourth-order valence-corrected chi connectivity index (χ4v) is 2.91. The molecule has 0 aromatic carbocycles. The Labute approximate surface area is 93.6 Å². The van der Waals surface area contributed by atoms with Crippen molar-refractivity contribution in [2.24, 2.45) is 5.73 Å². The lowest BCUT2D eigenvalue weighted by atomic mass is 10.3. The van der Waals surface area contributed by atoms with Crippen LogP contribution in [0, 0.1) is 0 Å². The van der Waals surface area contributed by atoms with Crippen LogP contribution in [0.4, 0.5) is 0 Å². The first kappa shape index (κ1) is 15.0.